The van der Waals surface area contributed by atoms with E-state index in [2.05, 4.69) is 9.97 Å². The third-order valence-electron chi connectivity index (χ3n) is 3.41. The van der Waals surface area contributed by atoms with Crippen LogP contribution in [0.1, 0.15) is 0 Å². The second kappa shape index (κ2) is 4.92. The van der Waals surface area contributed by atoms with Gasteiger partial charge >= 0.3 is 0 Å². The second-order valence-corrected chi connectivity index (χ2v) is 7.27. The molecule has 0 radical (unpaired) electrons. The van der Waals surface area contributed by atoms with Gasteiger partial charge in [0.2, 0.25) is 0 Å². The largest absolute Gasteiger partial charge is 0.453 e. The van der Waals surface area contributed by atoms with Gasteiger partial charge in [-0.15, -0.1) is 22.7 Å². The molecule has 0 atom stereocenters. The van der Waals surface area contributed by atoms with E-state index in [0.717, 1.165) is 30.2 Å². The van der Waals surface area contributed by atoms with Crippen LogP contribution < -0.4 is 0 Å². The van der Waals surface area contributed by atoms with Crippen molar-refractivity contribution >= 4 is 75.7 Å². The molecule has 0 saturated heterocycles. The monoisotopic (exact) mass is 358 g/mol. The Labute approximate surface area is 142 Å². The lowest BCUT2D eigenvalue weighted by atomic mass is 10.3. The molecule has 1 aromatic carbocycles. The average Bonchev–Trinajstić information content (AvgIpc) is 2.59. The molecule has 0 aliphatic rings. The first-order valence-corrected chi connectivity index (χ1v) is 8.78. The maximum Gasteiger partial charge on any atom is 0.167 e. The van der Waals surface area contributed by atoms with E-state index in [1.807, 2.05) is 30.3 Å². The van der Waals surface area contributed by atoms with E-state index >= 15 is 0 Å². The Balaban J connectivity index is 2.04. The fraction of sp³-hybridized carbons (Fsp3) is 0. The van der Waals surface area contributed by atoms with Gasteiger partial charge in [0.15, 0.2) is 26.4 Å². The number of fused-ring (bicyclic) bond motifs is 5. The van der Waals surface area contributed by atoms with Gasteiger partial charge in [-0.25, -0.2) is 9.97 Å². The zero-order valence-electron chi connectivity index (χ0n) is 11.4. The van der Waals surface area contributed by atoms with Crippen LogP contribution in [0.15, 0.2) is 51.6 Å². The molecule has 4 aromatic heterocycles. The second-order valence-electron chi connectivity index (χ2n) is 4.87. The molecular formula is C16H7ClN2O2S2. The number of pyridine rings is 2. The van der Waals surface area contributed by atoms with E-state index in [0.29, 0.717) is 16.2 Å². The summed E-state index contributed by atoms with van der Waals surface area (Å²) in [5.74, 6) is 0. The lowest BCUT2D eigenvalue weighted by Crippen LogP contribution is -1.81. The molecule has 0 N–H and O–H groups in total. The molecule has 112 valence electrons. The van der Waals surface area contributed by atoms with Gasteiger partial charge in [-0.1, -0.05) is 11.6 Å². The molecule has 0 aliphatic heterocycles. The highest BCUT2D eigenvalue weighted by Crippen LogP contribution is 2.40. The Hall–Kier alpha value is -2.15. The van der Waals surface area contributed by atoms with Crippen molar-refractivity contribution < 1.29 is 8.83 Å². The highest BCUT2D eigenvalue weighted by Gasteiger charge is 2.14. The van der Waals surface area contributed by atoms with Crippen molar-refractivity contribution in [2.75, 3.05) is 0 Å². The molecule has 0 amide bonds. The first-order chi connectivity index (χ1) is 11.3. The Kier molecular flexibility index (Phi) is 2.85. The van der Waals surface area contributed by atoms with Gasteiger partial charge in [0.1, 0.15) is 10.3 Å². The van der Waals surface area contributed by atoms with Crippen LogP contribution in [0.4, 0.5) is 0 Å². The van der Waals surface area contributed by atoms with Gasteiger partial charge in [-0.05, 0) is 24.3 Å². The molecule has 4 heterocycles. The highest BCUT2D eigenvalue weighted by molar-refractivity contribution is 7.27. The minimum atomic E-state index is 0.591. The normalized spacial score (nSPS) is 11.7. The topological polar surface area (TPSA) is 52.1 Å². The van der Waals surface area contributed by atoms with Gasteiger partial charge < -0.3 is 8.83 Å². The molecule has 23 heavy (non-hydrogen) atoms. The summed E-state index contributed by atoms with van der Waals surface area (Å²) < 4.78 is 13.8. The molecule has 0 aliphatic carbocycles. The Morgan fingerprint density at radius 1 is 0.826 bits per heavy atom. The standard InChI is InChI=1S/C16H7ClN2O2S2/c17-8-7-11-14(23-15-9(20-11)3-1-5-18-15)12-13(8)22-16-10(21-12)4-2-6-19-16/h1-7H. The van der Waals surface area contributed by atoms with Crippen LogP contribution in [-0.4, -0.2) is 9.97 Å². The number of rotatable bonds is 0. The van der Waals surface area contributed by atoms with Crippen molar-refractivity contribution in [3.63, 3.8) is 0 Å². The Morgan fingerprint density at radius 3 is 2.22 bits per heavy atom. The van der Waals surface area contributed by atoms with Crippen LogP contribution in [-0.2, 0) is 0 Å². The van der Waals surface area contributed by atoms with Gasteiger partial charge in [0.25, 0.3) is 0 Å². The molecule has 5 rings (SSSR count). The van der Waals surface area contributed by atoms with Crippen molar-refractivity contribution in [2.24, 2.45) is 0 Å². The van der Waals surface area contributed by atoms with Crippen molar-refractivity contribution in [3.05, 3.63) is 47.7 Å². The molecule has 0 bridgehead atoms. The zero-order valence-corrected chi connectivity index (χ0v) is 13.8. The van der Waals surface area contributed by atoms with E-state index in [9.17, 15) is 0 Å². The lowest BCUT2D eigenvalue weighted by molar-refractivity contribution is 0.653. The quantitative estimate of drug-likeness (QED) is 0.245. The third-order valence-corrected chi connectivity index (χ3v) is 6.02. The number of nitrogens with zero attached hydrogens (tertiary/aromatic N) is 2. The fourth-order valence-electron chi connectivity index (χ4n) is 2.41. The van der Waals surface area contributed by atoms with Crippen LogP contribution in [0.25, 0.3) is 41.4 Å². The zero-order chi connectivity index (χ0) is 15.4. The molecule has 4 nitrogen and oxygen atoms in total. The fourth-order valence-corrected chi connectivity index (χ4v) is 4.64. The lowest BCUT2D eigenvalue weighted by Gasteiger charge is -2.06. The minimum Gasteiger partial charge on any atom is -0.453 e. The van der Waals surface area contributed by atoms with Crippen LogP contribution in [0.3, 0.4) is 0 Å². The summed E-state index contributed by atoms with van der Waals surface area (Å²) in [7, 11) is 0. The highest BCUT2D eigenvalue weighted by atomic mass is 35.5. The minimum absolute atomic E-state index is 0.591. The molecule has 0 unspecified atom stereocenters. The summed E-state index contributed by atoms with van der Waals surface area (Å²) in [5.41, 5.74) is 2.85. The number of benzene rings is 1. The predicted octanol–water partition coefficient (Wildman–Crippen LogP) is 6.18. The number of halogens is 1. The molecule has 0 fully saturated rings. The van der Waals surface area contributed by atoms with Crippen molar-refractivity contribution in [1.82, 2.24) is 9.97 Å². The summed E-state index contributed by atoms with van der Waals surface area (Å²) in [6, 6.07) is 9.30. The smallest absolute Gasteiger partial charge is 0.167 e. The van der Waals surface area contributed by atoms with E-state index in [-0.39, 0.29) is 0 Å². The van der Waals surface area contributed by atoms with E-state index in [4.69, 9.17) is 20.4 Å². The number of hydrogen-bond donors (Lipinski definition) is 0. The van der Waals surface area contributed by atoms with Crippen LogP contribution in [0, 0.1) is 0 Å². The van der Waals surface area contributed by atoms with E-state index in [1.165, 1.54) is 22.7 Å². The van der Waals surface area contributed by atoms with Gasteiger partial charge in [-0.3, -0.25) is 0 Å². The molecule has 5 aromatic rings. The summed E-state index contributed by atoms with van der Waals surface area (Å²) in [4.78, 5) is 10.3. The van der Waals surface area contributed by atoms with Gasteiger partial charge in [0.05, 0.1) is 9.72 Å². The van der Waals surface area contributed by atoms with E-state index < -0.39 is 0 Å². The van der Waals surface area contributed by atoms with Crippen LogP contribution in [0.5, 0.6) is 0 Å². The third kappa shape index (κ3) is 2.03. The van der Waals surface area contributed by atoms with Crippen LogP contribution in [0.2, 0.25) is 5.02 Å². The van der Waals surface area contributed by atoms with Crippen LogP contribution >= 0.6 is 34.3 Å². The van der Waals surface area contributed by atoms with Crippen molar-refractivity contribution in [1.29, 1.82) is 0 Å². The summed E-state index contributed by atoms with van der Waals surface area (Å²) in [6.45, 7) is 0. The summed E-state index contributed by atoms with van der Waals surface area (Å²) >= 11 is 9.47. The maximum atomic E-state index is 6.44. The first-order valence-electron chi connectivity index (χ1n) is 6.77. The summed E-state index contributed by atoms with van der Waals surface area (Å²) in [5, 5.41) is 0.591. The van der Waals surface area contributed by atoms with Crippen molar-refractivity contribution in [2.45, 2.75) is 0 Å². The number of hydrogen-bond acceptors (Lipinski definition) is 6. The SMILES string of the molecule is Clc1cc2oc3cccnc3sc2c2oc3cccnc3sc12. The van der Waals surface area contributed by atoms with E-state index in [1.54, 1.807) is 12.4 Å². The van der Waals surface area contributed by atoms with Crippen molar-refractivity contribution in [3.8, 4) is 0 Å². The first kappa shape index (κ1) is 13.3. The molecule has 7 heteroatoms. The summed E-state index contributed by atoms with van der Waals surface area (Å²) in [6.07, 6.45) is 3.49. The molecule has 0 saturated carbocycles. The van der Waals surface area contributed by atoms with Gasteiger partial charge in [-0.2, -0.15) is 0 Å². The number of aromatic nitrogens is 2. The maximum absolute atomic E-state index is 6.44. The van der Waals surface area contributed by atoms with Gasteiger partial charge in [0, 0.05) is 18.5 Å². The average molecular weight is 359 g/mol. The Bertz CT molecular complexity index is 1250. The molecular weight excluding hydrogens is 352 g/mol. The Morgan fingerprint density at radius 2 is 1.48 bits per heavy atom. The molecule has 0 spiro atoms. The predicted molar refractivity (Wildman–Crippen MR) is 95.0 cm³/mol.